The van der Waals surface area contributed by atoms with Gasteiger partial charge < -0.3 is 4.90 Å². The highest BCUT2D eigenvalue weighted by Gasteiger charge is 2.19. The van der Waals surface area contributed by atoms with E-state index in [4.69, 9.17) is 0 Å². The number of rotatable bonds is 7. The highest BCUT2D eigenvalue weighted by Crippen LogP contribution is 2.09. The van der Waals surface area contributed by atoms with E-state index < -0.39 is 10.8 Å². The maximum atomic E-state index is 12.3. The van der Waals surface area contributed by atoms with Crippen molar-refractivity contribution in [1.29, 1.82) is 0 Å². The van der Waals surface area contributed by atoms with Gasteiger partial charge in [0.1, 0.15) is 0 Å². The number of hydrogen-bond acceptors (Lipinski definition) is 4. The maximum Gasteiger partial charge on any atom is 0.0542 e. The van der Waals surface area contributed by atoms with Crippen LogP contribution in [-0.2, 0) is 10.8 Å². The second kappa shape index (κ2) is 8.92. The van der Waals surface area contributed by atoms with Crippen LogP contribution in [0, 0.1) is 0 Å². The van der Waals surface area contributed by atoms with Gasteiger partial charge in [0, 0.05) is 56.5 Å². The van der Waals surface area contributed by atoms with Crippen LogP contribution in [0.1, 0.15) is 12.8 Å². The van der Waals surface area contributed by atoms with E-state index in [0.717, 1.165) is 43.4 Å². The first-order valence-corrected chi connectivity index (χ1v) is 10.2. The molecule has 2 heterocycles. The minimum atomic E-state index is -0.861. The van der Waals surface area contributed by atoms with E-state index in [-0.39, 0.29) is 0 Å². The van der Waals surface area contributed by atoms with Crippen molar-refractivity contribution >= 4 is 10.8 Å². The first-order chi connectivity index (χ1) is 11.3. The summed E-state index contributed by atoms with van der Waals surface area (Å²) in [6.07, 6.45) is 2.76. The molecular formula is C18H29N3OS. The molecule has 128 valence electrons. The molecule has 0 amide bonds. The van der Waals surface area contributed by atoms with Crippen LogP contribution in [0.5, 0.6) is 0 Å². The quantitative estimate of drug-likeness (QED) is 0.755. The molecule has 5 heteroatoms. The lowest BCUT2D eigenvalue weighted by Gasteiger charge is -2.35. The van der Waals surface area contributed by atoms with Gasteiger partial charge >= 0.3 is 0 Å². The molecule has 0 saturated carbocycles. The minimum absolute atomic E-state index is 0.748. The van der Waals surface area contributed by atoms with Crippen LogP contribution in [-0.4, -0.2) is 83.6 Å². The van der Waals surface area contributed by atoms with E-state index in [1.54, 1.807) is 0 Å². The van der Waals surface area contributed by atoms with Gasteiger partial charge in [-0.15, -0.1) is 0 Å². The van der Waals surface area contributed by atoms with Crippen LogP contribution in [0.2, 0.25) is 0 Å². The van der Waals surface area contributed by atoms with Crippen molar-refractivity contribution in [3.8, 4) is 0 Å². The lowest BCUT2D eigenvalue weighted by atomic mass is 10.3. The molecule has 0 aliphatic carbocycles. The van der Waals surface area contributed by atoms with Gasteiger partial charge in [-0.2, -0.15) is 0 Å². The lowest BCUT2D eigenvalue weighted by molar-refractivity contribution is 0.127. The third kappa shape index (κ3) is 5.38. The summed E-state index contributed by atoms with van der Waals surface area (Å²) in [5, 5.41) is 0. The molecule has 4 nitrogen and oxygen atoms in total. The van der Waals surface area contributed by atoms with Crippen molar-refractivity contribution in [3.63, 3.8) is 0 Å². The summed E-state index contributed by atoms with van der Waals surface area (Å²) in [5.41, 5.74) is 0. The summed E-state index contributed by atoms with van der Waals surface area (Å²) >= 11 is 0. The average molecular weight is 336 g/mol. The van der Waals surface area contributed by atoms with Crippen molar-refractivity contribution in [1.82, 2.24) is 14.7 Å². The Morgan fingerprint density at radius 3 is 1.87 bits per heavy atom. The lowest BCUT2D eigenvalue weighted by Crippen LogP contribution is -2.49. The predicted molar refractivity (Wildman–Crippen MR) is 96.3 cm³/mol. The van der Waals surface area contributed by atoms with Crippen LogP contribution in [0.15, 0.2) is 35.2 Å². The molecule has 0 bridgehead atoms. The Balaban J connectivity index is 1.32. The van der Waals surface area contributed by atoms with Crippen LogP contribution in [0.25, 0.3) is 0 Å². The molecule has 3 rings (SSSR count). The normalized spacial score (nSPS) is 22.4. The van der Waals surface area contributed by atoms with E-state index in [9.17, 15) is 4.21 Å². The molecule has 1 aromatic carbocycles. The molecule has 2 aliphatic heterocycles. The zero-order chi connectivity index (χ0) is 15.9. The first kappa shape index (κ1) is 17.1. The van der Waals surface area contributed by atoms with E-state index >= 15 is 0 Å². The van der Waals surface area contributed by atoms with Gasteiger partial charge in [0.15, 0.2) is 0 Å². The van der Waals surface area contributed by atoms with E-state index in [1.165, 1.54) is 39.0 Å². The zero-order valence-corrected chi connectivity index (χ0v) is 14.8. The fourth-order valence-corrected chi connectivity index (χ4v) is 4.55. The Bertz CT molecular complexity index is 482. The Morgan fingerprint density at radius 1 is 0.739 bits per heavy atom. The Morgan fingerprint density at radius 2 is 1.26 bits per heavy atom. The van der Waals surface area contributed by atoms with Crippen molar-refractivity contribution in [2.24, 2.45) is 0 Å². The van der Waals surface area contributed by atoms with Crippen molar-refractivity contribution < 1.29 is 4.21 Å². The Hall–Kier alpha value is -0.750. The van der Waals surface area contributed by atoms with Gasteiger partial charge in [-0.3, -0.25) is 14.0 Å². The van der Waals surface area contributed by atoms with Crippen molar-refractivity contribution in [2.75, 3.05) is 64.7 Å². The molecule has 0 aromatic heterocycles. The summed E-state index contributed by atoms with van der Waals surface area (Å²) in [4.78, 5) is 8.60. The summed E-state index contributed by atoms with van der Waals surface area (Å²) in [5.74, 6) is 0.748. The van der Waals surface area contributed by atoms with Crippen molar-refractivity contribution in [2.45, 2.75) is 17.7 Å². The third-order valence-electron chi connectivity index (χ3n) is 5.00. The average Bonchev–Trinajstić information content (AvgIpc) is 3.13. The van der Waals surface area contributed by atoms with Gasteiger partial charge in [0.05, 0.1) is 10.8 Å². The molecule has 1 aromatic rings. The van der Waals surface area contributed by atoms with E-state index in [0.29, 0.717) is 0 Å². The van der Waals surface area contributed by atoms with Crippen molar-refractivity contribution in [3.05, 3.63) is 30.3 Å². The highest BCUT2D eigenvalue weighted by molar-refractivity contribution is 7.85. The molecule has 1 atom stereocenters. The smallest absolute Gasteiger partial charge is 0.0542 e. The van der Waals surface area contributed by atoms with E-state index in [2.05, 4.69) is 14.7 Å². The second-order valence-electron chi connectivity index (χ2n) is 6.59. The molecule has 1 unspecified atom stereocenters. The highest BCUT2D eigenvalue weighted by atomic mass is 32.2. The SMILES string of the molecule is O=S(CCN1CCN(CCN2CCCC2)CC1)c1ccccc1. The third-order valence-corrected chi connectivity index (χ3v) is 6.35. The standard InChI is InChI=1S/C18H29N3OS/c22-23(18-6-2-1-3-7-18)17-16-21-14-12-20(13-15-21)11-10-19-8-4-5-9-19/h1-3,6-7H,4-5,8-17H2. The fraction of sp³-hybridized carbons (Fsp3) is 0.667. The number of benzene rings is 1. The summed E-state index contributed by atoms with van der Waals surface area (Å²) in [7, 11) is -0.861. The minimum Gasteiger partial charge on any atom is -0.302 e. The Kier molecular flexibility index (Phi) is 6.63. The van der Waals surface area contributed by atoms with Crippen LogP contribution in [0.3, 0.4) is 0 Å². The van der Waals surface area contributed by atoms with Gasteiger partial charge in [0.25, 0.3) is 0 Å². The number of piperazine rings is 1. The summed E-state index contributed by atoms with van der Waals surface area (Å²) in [6.45, 7) is 10.5. The number of hydrogen-bond donors (Lipinski definition) is 0. The number of likely N-dealkylation sites (tertiary alicyclic amines) is 1. The van der Waals surface area contributed by atoms with E-state index in [1.807, 2.05) is 30.3 Å². The van der Waals surface area contributed by atoms with Crippen LogP contribution in [0.4, 0.5) is 0 Å². The summed E-state index contributed by atoms with van der Waals surface area (Å²) < 4.78 is 12.3. The predicted octanol–water partition coefficient (Wildman–Crippen LogP) is 1.51. The van der Waals surface area contributed by atoms with Gasteiger partial charge in [-0.05, 0) is 38.1 Å². The maximum absolute atomic E-state index is 12.3. The Labute approximate surface area is 142 Å². The van der Waals surface area contributed by atoms with Gasteiger partial charge in [0.2, 0.25) is 0 Å². The summed E-state index contributed by atoms with van der Waals surface area (Å²) in [6, 6.07) is 9.83. The second-order valence-corrected chi connectivity index (χ2v) is 8.17. The first-order valence-electron chi connectivity index (χ1n) is 8.92. The molecule has 2 saturated heterocycles. The van der Waals surface area contributed by atoms with Crippen LogP contribution < -0.4 is 0 Å². The molecule has 0 radical (unpaired) electrons. The number of nitrogens with zero attached hydrogens (tertiary/aromatic N) is 3. The molecule has 0 N–H and O–H groups in total. The van der Waals surface area contributed by atoms with Crippen LogP contribution >= 0.6 is 0 Å². The fourth-order valence-electron chi connectivity index (χ4n) is 3.43. The molecule has 2 fully saturated rings. The molecule has 23 heavy (non-hydrogen) atoms. The van der Waals surface area contributed by atoms with Gasteiger partial charge in [-0.1, -0.05) is 18.2 Å². The molecular weight excluding hydrogens is 306 g/mol. The van der Waals surface area contributed by atoms with Gasteiger partial charge in [-0.25, -0.2) is 0 Å². The largest absolute Gasteiger partial charge is 0.302 e. The zero-order valence-electron chi connectivity index (χ0n) is 14.0. The molecule has 0 spiro atoms. The topological polar surface area (TPSA) is 26.8 Å². The molecule has 2 aliphatic rings. The monoisotopic (exact) mass is 335 g/mol.